The summed E-state index contributed by atoms with van der Waals surface area (Å²) in [5.74, 6) is 1.34. The maximum Gasteiger partial charge on any atom is 0.228 e. The maximum absolute atomic E-state index is 12.2. The van der Waals surface area contributed by atoms with Crippen LogP contribution in [0.4, 0.5) is 5.69 Å². The fourth-order valence-electron chi connectivity index (χ4n) is 2.95. The zero-order valence-electron chi connectivity index (χ0n) is 13.3. The van der Waals surface area contributed by atoms with Crippen LogP contribution in [-0.2, 0) is 11.2 Å². The maximum atomic E-state index is 12.2. The Morgan fingerprint density at radius 1 is 1.26 bits per heavy atom. The number of hydrogen-bond acceptors (Lipinski definition) is 3. The predicted octanol–water partition coefficient (Wildman–Crippen LogP) is 2.95. The molecule has 1 amide bonds. The van der Waals surface area contributed by atoms with Crippen LogP contribution < -0.4 is 15.4 Å². The minimum Gasteiger partial charge on any atom is -0.497 e. The summed E-state index contributed by atoms with van der Waals surface area (Å²) < 4.78 is 5.18. The third-order valence-corrected chi connectivity index (χ3v) is 4.22. The first kappa shape index (κ1) is 15.6. The number of carbonyl (C=O) groups excluding carboxylic acids is 1. The molecular formula is C19H22N2O2. The highest BCUT2D eigenvalue weighted by molar-refractivity contribution is 5.92. The number of ether oxygens (including phenoxy) is 1. The molecule has 0 radical (unpaired) electrons. The molecule has 3 rings (SSSR count). The summed E-state index contributed by atoms with van der Waals surface area (Å²) in [6.45, 7) is 2.13. The summed E-state index contributed by atoms with van der Waals surface area (Å²) in [6, 6.07) is 15.8. The lowest BCUT2D eigenvalue weighted by Gasteiger charge is -2.11. The first-order valence-corrected chi connectivity index (χ1v) is 7.98. The molecule has 1 fully saturated rings. The molecule has 23 heavy (non-hydrogen) atoms. The van der Waals surface area contributed by atoms with Gasteiger partial charge in [0.25, 0.3) is 0 Å². The molecule has 1 saturated heterocycles. The molecule has 2 N–H and O–H groups in total. The van der Waals surface area contributed by atoms with Crippen molar-refractivity contribution in [2.24, 2.45) is 0 Å². The Morgan fingerprint density at radius 3 is 2.78 bits per heavy atom. The standard InChI is InChI=1S/C19H22N2O2/c1-23-18-4-2-3-14(11-18)12-19(22)21-17-7-5-15(6-8-17)16-9-10-20-13-16/h2-8,11,16,20H,9-10,12-13H2,1H3,(H,21,22). The van der Waals surface area contributed by atoms with Crippen molar-refractivity contribution in [3.63, 3.8) is 0 Å². The second-order valence-corrected chi connectivity index (χ2v) is 5.89. The number of rotatable bonds is 5. The molecule has 120 valence electrons. The summed E-state index contributed by atoms with van der Waals surface area (Å²) in [4.78, 5) is 12.2. The van der Waals surface area contributed by atoms with Gasteiger partial charge in [0.15, 0.2) is 0 Å². The number of benzene rings is 2. The lowest BCUT2D eigenvalue weighted by Crippen LogP contribution is -2.14. The molecule has 2 aromatic rings. The first-order chi connectivity index (χ1) is 11.2. The van der Waals surface area contributed by atoms with Gasteiger partial charge in [0, 0.05) is 12.2 Å². The molecule has 0 aromatic heterocycles. The Balaban J connectivity index is 1.58. The van der Waals surface area contributed by atoms with Crippen molar-refractivity contribution in [1.82, 2.24) is 5.32 Å². The average Bonchev–Trinajstić information content (AvgIpc) is 3.10. The number of amides is 1. The fourth-order valence-corrected chi connectivity index (χ4v) is 2.95. The molecule has 1 atom stereocenters. The van der Waals surface area contributed by atoms with Crippen LogP contribution in [0.2, 0.25) is 0 Å². The first-order valence-electron chi connectivity index (χ1n) is 7.98. The van der Waals surface area contributed by atoms with Gasteiger partial charge in [0.2, 0.25) is 5.91 Å². The van der Waals surface area contributed by atoms with Crippen molar-refractivity contribution in [2.75, 3.05) is 25.5 Å². The predicted molar refractivity (Wildman–Crippen MR) is 92.0 cm³/mol. The number of carbonyl (C=O) groups is 1. The van der Waals surface area contributed by atoms with Crippen LogP contribution in [0.1, 0.15) is 23.5 Å². The van der Waals surface area contributed by atoms with Crippen LogP contribution >= 0.6 is 0 Å². The minimum absolute atomic E-state index is 0.0199. The molecule has 1 unspecified atom stereocenters. The molecular weight excluding hydrogens is 288 g/mol. The van der Waals surface area contributed by atoms with E-state index in [9.17, 15) is 4.79 Å². The number of nitrogens with one attached hydrogen (secondary N) is 2. The summed E-state index contributed by atoms with van der Waals surface area (Å²) in [7, 11) is 1.63. The molecule has 1 heterocycles. The molecule has 1 aliphatic heterocycles. The van der Waals surface area contributed by atoms with Gasteiger partial charge in [-0.1, -0.05) is 24.3 Å². The van der Waals surface area contributed by atoms with E-state index in [1.54, 1.807) is 7.11 Å². The molecule has 0 saturated carbocycles. The lowest BCUT2D eigenvalue weighted by molar-refractivity contribution is -0.115. The highest BCUT2D eigenvalue weighted by Gasteiger charge is 2.16. The third-order valence-electron chi connectivity index (χ3n) is 4.22. The van der Waals surface area contributed by atoms with Crippen molar-refractivity contribution in [2.45, 2.75) is 18.8 Å². The van der Waals surface area contributed by atoms with Crippen LogP contribution in [0, 0.1) is 0 Å². The molecule has 0 spiro atoms. The summed E-state index contributed by atoms with van der Waals surface area (Å²) >= 11 is 0. The van der Waals surface area contributed by atoms with E-state index in [1.165, 1.54) is 12.0 Å². The van der Waals surface area contributed by atoms with Gasteiger partial charge in [-0.25, -0.2) is 0 Å². The van der Waals surface area contributed by atoms with Crippen LogP contribution in [0.5, 0.6) is 5.75 Å². The minimum atomic E-state index is -0.0199. The van der Waals surface area contributed by atoms with E-state index >= 15 is 0 Å². The number of hydrogen-bond donors (Lipinski definition) is 2. The van der Waals surface area contributed by atoms with Crippen LogP contribution in [0.3, 0.4) is 0 Å². The van der Waals surface area contributed by atoms with E-state index in [0.717, 1.165) is 30.1 Å². The SMILES string of the molecule is COc1cccc(CC(=O)Nc2ccc(C3CCNC3)cc2)c1. The van der Waals surface area contributed by atoms with Crippen LogP contribution in [0.25, 0.3) is 0 Å². The number of methoxy groups -OCH3 is 1. The van der Waals surface area contributed by atoms with Crippen molar-refractivity contribution in [1.29, 1.82) is 0 Å². The molecule has 0 bridgehead atoms. The second kappa shape index (κ2) is 7.29. The molecule has 4 nitrogen and oxygen atoms in total. The molecule has 0 aliphatic carbocycles. The highest BCUT2D eigenvalue weighted by Crippen LogP contribution is 2.23. The van der Waals surface area contributed by atoms with Crippen molar-refractivity contribution in [3.05, 3.63) is 59.7 Å². The van der Waals surface area contributed by atoms with Gasteiger partial charge in [0.05, 0.1) is 13.5 Å². The van der Waals surface area contributed by atoms with E-state index < -0.39 is 0 Å². The Bertz CT molecular complexity index is 661. The van der Waals surface area contributed by atoms with Crippen molar-refractivity contribution >= 4 is 11.6 Å². The zero-order valence-corrected chi connectivity index (χ0v) is 13.3. The fraction of sp³-hybridized carbons (Fsp3) is 0.316. The van der Waals surface area contributed by atoms with Gasteiger partial charge in [-0.05, 0) is 54.3 Å². The Kier molecular flexibility index (Phi) is 4.93. The molecule has 2 aromatic carbocycles. The van der Waals surface area contributed by atoms with Crippen LogP contribution in [0.15, 0.2) is 48.5 Å². The lowest BCUT2D eigenvalue weighted by atomic mass is 9.98. The third kappa shape index (κ3) is 4.11. The molecule has 1 aliphatic rings. The van der Waals surface area contributed by atoms with Crippen molar-refractivity contribution in [3.8, 4) is 5.75 Å². The Morgan fingerprint density at radius 2 is 2.09 bits per heavy atom. The summed E-state index contributed by atoms with van der Waals surface area (Å²) in [5, 5.41) is 6.32. The van der Waals surface area contributed by atoms with Gasteiger partial charge in [-0.15, -0.1) is 0 Å². The van der Waals surface area contributed by atoms with E-state index in [1.807, 2.05) is 36.4 Å². The quantitative estimate of drug-likeness (QED) is 0.893. The van der Waals surface area contributed by atoms with Gasteiger partial charge < -0.3 is 15.4 Å². The summed E-state index contributed by atoms with van der Waals surface area (Å²) in [6.07, 6.45) is 1.52. The normalized spacial score (nSPS) is 17.0. The van der Waals surface area contributed by atoms with E-state index in [4.69, 9.17) is 4.74 Å². The smallest absolute Gasteiger partial charge is 0.228 e. The Hall–Kier alpha value is -2.33. The van der Waals surface area contributed by atoms with Gasteiger partial charge in [-0.3, -0.25) is 4.79 Å². The zero-order chi connectivity index (χ0) is 16.1. The number of anilines is 1. The van der Waals surface area contributed by atoms with E-state index in [0.29, 0.717) is 12.3 Å². The van der Waals surface area contributed by atoms with Gasteiger partial charge in [0.1, 0.15) is 5.75 Å². The van der Waals surface area contributed by atoms with E-state index in [2.05, 4.69) is 22.8 Å². The summed E-state index contributed by atoms with van der Waals surface area (Å²) in [5.41, 5.74) is 3.11. The van der Waals surface area contributed by atoms with Crippen LogP contribution in [-0.4, -0.2) is 26.1 Å². The van der Waals surface area contributed by atoms with Gasteiger partial charge >= 0.3 is 0 Å². The topological polar surface area (TPSA) is 50.4 Å². The monoisotopic (exact) mass is 310 g/mol. The van der Waals surface area contributed by atoms with Gasteiger partial charge in [-0.2, -0.15) is 0 Å². The average molecular weight is 310 g/mol. The highest BCUT2D eigenvalue weighted by atomic mass is 16.5. The molecule has 4 heteroatoms. The Labute approximate surface area is 136 Å². The van der Waals surface area contributed by atoms with Crippen molar-refractivity contribution < 1.29 is 9.53 Å². The second-order valence-electron chi connectivity index (χ2n) is 5.89. The van der Waals surface area contributed by atoms with E-state index in [-0.39, 0.29) is 5.91 Å². The largest absolute Gasteiger partial charge is 0.497 e.